The molecule has 0 radical (unpaired) electrons. The van der Waals surface area contributed by atoms with Crippen LogP contribution in [0.4, 0.5) is 5.69 Å². The van der Waals surface area contributed by atoms with E-state index in [1.807, 2.05) is 44.2 Å². The van der Waals surface area contributed by atoms with E-state index in [4.69, 9.17) is 0 Å². The summed E-state index contributed by atoms with van der Waals surface area (Å²) in [6.07, 6.45) is 1.29. The van der Waals surface area contributed by atoms with Crippen LogP contribution in [0, 0.1) is 5.92 Å². The minimum Gasteiger partial charge on any atom is -0.341 e. The smallest absolute Gasteiger partial charge is 0.251 e. The Balaban J connectivity index is 1.62. The molecule has 24 heavy (non-hydrogen) atoms. The average molecular weight is 329 g/mol. The molecule has 0 saturated carbocycles. The zero-order valence-corrected chi connectivity index (χ0v) is 14.1. The van der Waals surface area contributed by atoms with Gasteiger partial charge in [0.1, 0.15) is 12.1 Å². The topological polar surface area (TPSA) is 69.7 Å². The molecule has 2 heterocycles. The van der Waals surface area contributed by atoms with Gasteiger partial charge in [0.15, 0.2) is 0 Å². The number of carbonyl (C=O) groups is 3. The van der Waals surface area contributed by atoms with Crippen molar-refractivity contribution in [2.75, 3.05) is 18.0 Å². The number of benzene rings is 1. The van der Waals surface area contributed by atoms with Crippen molar-refractivity contribution in [3.05, 3.63) is 30.3 Å². The number of amides is 3. The Morgan fingerprint density at radius 2 is 1.92 bits per heavy atom. The van der Waals surface area contributed by atoms with Gasteiger partial charge in [-0.05, 0) is 24.5 Å². The largest absolute Gasteiger partial charge is 0.341 e. The van der Waals surface area contributed by atoms with Crippen LogP contribution in [-0.2, 0) is 14.4 Å². The second-order valence-corrected chi connectivity index (χ2v) is 6.73. The van der Waals surface area contributed by atoms with Crippen LogP contribution >= 0.6 is 0 Å². The lowest BCUT2D eigenvalue weighted by Crippen LogP contribution is -2.66. The first kappa shape index (κ1) is 16.5. The van der Waals surface area contributed by atoms with Crippen molar-refractivity contribution in [1.29, 1.82) is 0 Å². The highest BCUT2D eigenvalue weighted by Crippen LogP contribution is 2.23. The molecular weight excluding hydrogens is 306 g/mol. The summed E-state index contributed by atoms with van der Waals surface area (Å²) in [5.41, 5.74) is 0.836. The summed E-state index contributed by atoms with van der Waals surface area (Å²) in [7, 11) is 0. The highest BCUT2D eigenvalue weighted by Gasteiger charge is 2.42. The van der Waals surface area contributed by atoms with Crippen LogP contribution in [0.1, 0.15) is 26.7 Å². The highest BCUT2D eigenvalue weighted by atomic mass is 16.2. The van der Waals surface area contributed by atoms with Crippen LogP contribution in [0.5, 0.6) is 0 Å². The molecule has 3 amide bonds. The molecule has 2 atom stereocenters. The predicted molar refractivity (Wildman–Crippen MR) is 90.3 cm³/mol. The third-order valence-corrected chi connectivity index (χ3v) is 4.66. The number of hydrogen-bond acceptors (Lipinski definition) is 3. The minimum absolute atomic E-state index is 0.00690. The number of nitrogens with zero attached hydrogens (tertiary/aromatic N) is 2. The minimum atomic E-state index is -0.503. The number of para-hydroxylation sites is 1. The summed E-state index contributed by atoms with van der Waals surface area (Å²) >= 11 is 0. The van der Waals surface area contributed by atoms with Gasteiger partial charge in [-0.2, -0.15) is 0 Å². The maximum Gasteiger partial charge on any atom is 0.251 e. The van der Waals surface area contributed by atoms with Gasteiger partial charge in [-0.25, -0.2) is 0 Å². The number of β-lactam (4-membered cyclic amide) rings is 1. The van der Waals surface area contributed by atoms with E-state index in [1.165, 1.54) is 0 Å². The van der Waals surface area contributed by atoms with Gasteiger partial charge in [0, 0.05) is 18.7 Å². The van der Waals surface area contributed by atoms with Gasteiger partial charge in [-0.1, -0.05) is 32.0 Å². The SMILES string of the molecule is CC(C)C(C(=O)NC1CN(c2ccccc2)C1=O)N1CCCC1=O. The Morgan fingerprint density at radius 1 is 1.21 bits per heavy atom. The fourth-order valence-corrected chi connectivity index (χ4v) is 3.40. The lowest BCUT2D eigenvalue weighted by molar-refractivity contribution is -0.140. The van der Waals surface area contributed by atoms with Crippen molar-refractivity contribution in [2.24, 2.45) is 5.92 Å². The summed E-state index contributed by atoms with van der Waals surface area (Å²) in [5.74, 6) is -0.307. The normalized spacial score (nSPS) is 21.9. The summed E-state index contributed by atoms with van der Waals surface area (Å²) < 4.78 is 0. The number of likely N-dealkylation sites (tertiary alicyclic amines) is 1. The van der Waals surface area contributed by atoms with Crippen molar-refractivity contribution in [3.8, 4) is 0 Å². The van der Waals surface area contributed by atoms with Crippen molar-refractivity contribution in [1.82, 2.24) is 10.2 Å². The molecular formula is C18H23N3O3. The summed E-state index contributed by atoms with van der Waals surface area (Å²) in [5, 5.41) is 2.82. The van der Waals surface area contributed by atoms with Crippen molar-refractivity contribution < 1.29 is 14.4 Å². The fraction of sp³-hybridized carbons (Fsp3) is 0.500. The van der Waals surface area contributed by atoms with E-state index in [1.54, 1.807) is 9.80 Å². The molecule has 6 nitrogen and oxygen atoms in total. The molecule has 1 aromatic carbocycles. The molecule has 6 heteroatoms. The monoisotopic (exact) mass is 329 g/mol. The molecule has 0 aliphatic carbocycles. The van der Waals surface area contributed by atoms with Crippen molar-refractivity contribution in [2.45, 2.75) is 38.8 Å². The Morgan fingerprint density at radius 3 is 2.46 bits per heavy atom. The summed E-state index contributed by atoms with van der Waals surface area (Å²) in [4.78, 5) is 40.2. The number of carbonyl (C=O) groups excluding carboxylic acids is 3. The van der Waals surface area contributed by atoms with Gasteiger partial charge in [0.05, 0.1) is 6.54 Å². The quantitative estimate of drug-likeness (QED) is 0.824. The molecule has 1 aromatic rings. The molecule has 0 spiro atoms. The molecule has 1 N–H and O–H groups in total. The second kappa shape index (κ2) is 6.63. The lowest BCUT2D eigenvalue weighted by Gasteiger charge is -2.40. The van der Waals surface area contributed by atoms with Gasteiger partial charge < -0.3 is 15.1 Å². The number of anilines is 1. The van der Waals surface area contributed by atoms with Crippen LogP contribution in [0.25, 0.3) is 0 Å². The van der Waals surface area contributed by atoms with Gasteiger partial charge in [0.25, 0.3) is 5.91 Å². The predicted octanol–water partition coefficient (Wildman–Crippen LogP) is 1.16. The molecule has 2 aliphatic heterocycles. The molecule has 2 saturated heterocycles. The number of hydrogen-bond donors (Lipinski definition) is 1. The molecule has 0 aromatic heterocycles. The summed E-state index contributed by atoms with van der Waals surface area (Å²) in [6.45, 7) is 4.93. The molecule has 128 valence electrons. The van der Waals surface area contributed by atoms with Gasteiger partial charge >= 0.3 is 0 Å². The Hall–Kier alpha value is -2.37. The third kappa shape index (κ3) is 3.00. The number of rotatable bonds is 5. The van der Waals surface area contributed by atoms with Crippen molar-refractivity contribution in [3.63, 3.8) is 0 Å². The Labute approximate surface area is 141 Å². The van der Waals surface area contributed by atoms with Crippen molar-refractivity contribution >= 4 is 23.4 Å². The molecule has 2 fully saturated rings. The van der Waals surface area contributed by atoms with Crippen LogP contribution in [0.3, 0.4) is 0 Å². The summed E-state index contributed by atoms with van der Waals surface area (Å²) in [6, 6.07) is 8.39. The Bertz CT molecular complexity index is 644. The van der Waals surface area contributed by atoms with Crippen LogP contribution < -0.4 is 10.2 Å². The zero-order chi connectivity index (χ0) is 17.3. The van der Waals surface area contributed by atoms with Crippen LogP contribution in [0.2, 0.25) is 0 Å². The first-order valence-corrected chi connectivity index (χ1v) is 8.45. The van der Waals surface area contributed by atoms with E-state index in [0.717, 1.165) is 12.1 Å². The molecule has 2 aliphatic rings. The zero-order valence-electron chi connectivity index (χ0n) is 14.1. The molecule has 0 bridgehead atoms. The second-order valence-electron chi connectivity index (χ2n) is 6.73. The average Bonchev–Trinajstić information content (AvgIpc) is 2.97. The van der Waals surface area contributed by atoms with Crippen LogP contribution in [0.15, 0.2) is 30.3 Å². The number of nitrogens with one attached hydrogen (secondary N) is 1. The lowest BCUT2D eigenvalue weighted by atomic mass is 9.99. The van der Waals surface area contributed by atoms with E-state index in [0.29, 0.717) is 19.5 Å². The van der Waals surface area contributed by atoms with Gasteiger partial charge in [0.2, 0.25) is 11.8 Å². The van der Waals surface area contributed by atoms with E-state index in [-0.39, 0.29) is 23.6 Å². The van der Waals surface area contributed by atoms with Gasteiger partial charge in [-0.15, -0.1) is 0 Å². The van der Waals surface area contributed by atoms with E-state index in [2.05, 4.69) is 5.32 Å². The maximum atomic E-state index is 12.6. The van der Waals surface area contributed by atoms with E-state index < -0.39 is 12.1 Å². The molecule has 3 rings (SSSR count). The Kier molecular flexibility index (Phi) is 4.55. The first-order valence-electron chi connectivity index (χ1n) is 8.45. The highest BCUT2D eigenvalue weighted by molar-refractivity contribution is 6.06. The van der Waals surface area contributed by atoms with E-state index in [9.17, 15) is 14.4 Å². The third-order valence-electron chi connectivity index (χ3n) is 4.66. The van der Waals surface area contributed by atoms with Crippen LogP contribution in [-0.4, -0.2) is 47.8 Å². The van der Waals surface area contributed by atoms with E-state index >= 15 is 0 Å². The molecule has 2 unspecified atom stereocenters. The standard InChI is InChI=1S/C18H23N3O3/c1-12(2)16(20-10-6-9-15(20)22)17(23)19-14-11-21(18(14)24)13-7-4-3-5-8-13/h3-5,7-8,12,14,16H,6,9-11H2,1-2H3,(H,19,23). The first-order chi connectivity index (χ1) is 11.5. The van der Waals surface area contributed by atoms with Gasteiger partial charge in [-0.3, -0.25) is 14.4 Å². The maximum absolute atomic E-state index is 12.6. The fourth-order valence-electron chi connectivity index (χ4n) is 3.40.